The number of hydrogen-bond acceptors (Lipinski definition) is 5. The van der Waals surface area contributed by atoms with Gasteiger partial charge in [0.1, 0.15) is 0 Å². The SMILES string of the molecule is CCCNCc1sccc1S(=O)(=O)NCC1CCOC1. The molecular formula is C13H22N2O3S2. The van der Waals surface area contributed by atoms with Gasteiger partial charge in [-0.2, -0.15) is 0 Å². The second-order valence-electron chi connectivity index (χ2n) is 4.97. The molecule has 5 nitrogen and oxygen atoms in total. The Morgan fingerprint density at radius 1 is 1.50 bits per heavy atom. The highest BCUT2D eigenvalue weighted by atomic mass is 32.2. The Bertz CT molecular complexity index is 507. The summed E-state index contributed by atoms with van der Waals surface area (Å²) in [5.74, 6) is 0.296. The molecule has 2 rings (SSSR count). The average Bonchev–Trinajstić information content (AvgIpc) is 3.08. The Labute approximate surface area is 124 Å². The maximum absolute atomic E-state index is 12.3. The van der Waals surface area contributed by atoms with Gasteiger partial charge in [-0.3, -0.25) is 0 Å². The zero-order valence-corrected chi connectivity index (χ0v) is 13.4. The fraction of sp³-hybridized carbons (Fsp3) is 0.692. The quantitative estimate of drug-likeness (QED) is 0.714. The monoisotopic (exact) mass is 318 g/mol. The lowest BCUT2D eigenvalue weighted by Crippen LogP contribution is -2.30. The van der Waals surface area contributed by atoms with Crippen molar-refractivity contribution in [2.75, 3.05) is 26.3 Å². The third-order valence-electron chi connectivity index (χ3n) is 3.29. The zero-order chi connectivity index (χ0) is 14.4. The van der Waals surface area contributed by atoms with E-state index in [9.17, 15) is 8.42 Å². The Hall–Kier alpha value is -0.470. The van der Waals surface area contributed by atoms with E-state index in [1.54, 1.807) is 6.07 Å². The molecule has 1 aromatic rings. The molecule has 20 heavy (non-hydrogen) atoms. The lowest BCUT2D eigenvalue weighted by molar-refractivity contribution is 0.186. The Kier molecular flexibility index (Phi) is 5.98. The number of sulfonamides is 1. The van der Waals surface area contributed by atoms with Crippen molar-refractivity contribution in [3.8, 4) is 0 Å². The van der Waals surface area contributed by atoms with Gasteiger partial charge < -0.3 is 10.1 Å². The van der Waals surface area contributed by atoms with Crippen LogP contribution < -0.4 is 10.0 Å². The first kappa shape index (κ1) is 15.9. The van der Waals surface area contributed by atoms with E-state index in [4.69, 9.17) is 4.74 Å². The van der Waals surface area contributed by atoms with E-state index < -0.39 is 10.0 Å². The molecule has 1 aliphatic rings. The van der Waals surface area contributed by atoms with Gasteiger partial charge >= 0.3 is 0 Å². The van der Waals surface area contributed by atoms with Crippen LogP contribution in [0, 0.1) is 5.92 Å². The first-order valence-corrected chi connectivity index (χ1v) is 9.34. The summed E-state index contributed by atoms with van der Waals surface area (Å²) in [5, 5.41) is 5.07. The van der Waals surface area contributed by atoms with Gasteiger partial charge in [-0.15, -0.1) is 11.3 Å². The van der Waals surface area contributed by atoms with E-state index in [0.29, 0.717) is 30.5 Å². The first-order chi connectivity index (χ1) is 9.63. The van der Waals surface area contributed by atoms with Crippen LogP contribution in [0.5, 0.6) is 0 Å². The van der Waals surface area contributed by atoms with Crippen molar-refractivity contribution in [3.63, 3.8) is 0 Å². The van der Waals surface area contributed by atoms with Crippen molar-refractivity contribution in [2.24, 2.45) is 5.92 Å². The molecule has 1 saturated heterocycles. The summed E-state index contributed by atoms with van der Waals surface area (Å²) in [6.07, 6.45) is 1.96. The molecule has 0 radical (unpaired) electrons. The molecule has 0 bridgehead atoms. The summed E-state index contributed by atoms with van der Waals surface area (Å²) in [5.41, 5.74) is 0. The molecule has 1 aromatic heterocycles. The van der Waals surface area contributed by atoms with Gasteiger partial charge in [0, 0.05) is 24.6 Å². The normalized spacial score (nSPS) is 19.6. The minimum absolute atomic E-state index is 0.296. The van der Waals surface area contributed by atoms with E-state index in [2.05, 4.69) is 17.0 Å². The lowest BCUT2D eigenvalue weighted by atomic mass is 10.1. The third kappa shape index (κ3) is 4.26. The van der Waals surface area contributed by atoms with Gasteiger partial charge in [0.05, 0.1) is 11.5 Å². The van der Waals surface area contributed by atoms with E-state index >= 15 is 0 Å². The maximum atomic E-state index is 12.3. The standard InChI is InChI=1S/C13H22N2O3S2/c1-2-5-14-9-12-13(4-7-19-12)20(16,17)15-8-11-3-6-18-10-11/h4,7,11,14-15H,2-3,5-6,8-10H2,1H3. The van der Waals surface area contributed by atoms with Gasteiger partial charge in [-0.05, 0) is 36.8 Å². The summed E-state index contributed by atoms with van der Waals surface area (Å²) < 4.78 is 32.6. The Morgan fingerprint density at radius 3 is 3.05 bits per heavy atom. The molecule has 0 amide bonds. The zero-order valence-electron chi connectivity index (χ0n) is 11.7. The highest BCUT2D eigenvalue weighted by Gasteiger charge is 2.22. The van der Waals surface area contributed by atoms with Crippen LogP contribution >= 0.6 is 11.3 Å². The fourth-order valence-electron chi connectivity index (χ4n) is 2.13. The molecule has 1 atom stereocenters. The Balaban J connectivity index is 1.95. The van der Waals surface area contributed by atoms with Gasteiger partial charge in [-0.1, -0.05) is 6.92 Å². The van der Waals surface area contributed by atoms with E-state index in [0.717, 1.165) is 30.9 Å². The lowest BCUT2D eigenvalue weighted by Gasteiger charge is -2.11. The van der Waals surface area contributed by atoms with E-state index in [-0.39, 0.29) is 0 Å². The van der Waals surface area contributed by atoms with Crippen LogP contribution in [-0.4, -0.2) is 34.7 Å². The third-order valence-corrected chi connectivity index (χ3v) is 5.85. The van der Waals surface area contributed by atoms with Crippen molar-refractivity contribution >= 4 is 21.4 Å². The molecule has 114 valence electrons. The van der Waals surface area contributed by atoms with Crippen molar-refractivity contribution in [1.29, 1.82) is 0 Å². The molecule has 0 saturated carbocycles. The fourth-order valence-corrected chi connectivity index (χ4v) is 4.65. The average molecular weight is 318 g/mol. The topological polar surface area (TPSA) is 67.4 Å². The Morgan fingerprint density at radius 2 is 2.35 bits per heavy atom. The molecule has 2 heterocycles. The number of rotatable bonds is 8. The first-order valence-electron chi connectivity index (χ1n) is 6.98. The molecule has 0 spiro atoms. The highest BCUT2D eigenvalue weighted by molar-refractivity contribution is 7.89. The number of thiophene rings is 1. The van der Waals surface area contributed by atoms with Crippen LogP contribution in [0.1, 0.15) is 24.6 Å². The van der Waals surface area contributed by atoms with Gasteiger partial charge in [0.25, 0.3) is 0 Å². The van der Waals surface area contributed by atoms with Crippen molar-refractivity contribution < 1.29 is 13.2 Å². The molecule has 0 aliphatic carbocycles. The van der Waals surface area contributed by atoms with Crippen LogP contribution in [0.4, 0.5) is 0 Å². The summed E-state index contributed by atoms with van der Waals surface area (Å²) >= 11 is 1.48. The van der Waals surface area contributed by atoms with Crippen LogP contribution in [0.3, 0.4) is 0 Å². The van der Waals surface area contributed by atoms with Crippen LogP contribution in [0.25, 0.3) is 0 Å². The number of ether oxygens (including phenoxy) is 1. The van der Waals surface area contributed by atoms with Crippen LogP contribution in [0.2, 0.25) is 0 Å². The largest absolute Gasteiger partial charge is 0.381 e. The van der Waals surface area contributed by atoms with E-state index in [1.165, 1.54) is 11.3 Å². The predicted molar refractivity (Wildman–Crippen MR) is 80.4 cm³/mol. The molecule has 1 aliphatic heterocycles. The second-order valence-corrected chi connectivity index (χ2v) is 7.70. The molecular weight excluding hydrogens is 296 g/mol. The summed E-state index contributed by atoms with van der Waals surface area (Å²) in [4.78, 5) is 1.28. The number of nitrogens with one attached hydrogen (secondary N) is 2. The van der Waals surface area contributed by atoms with Crippen molar-refractivity contribution in [1.82, 2.24) is 10.0 Å². The minimum Gasteiger partial charge on any atom is -0.381 e. The van der Waals surface area contributed by atoms with Gasteiger partial charge in [0.2, 0.25) is 10.0 Å². The molecule has 1 unspecified atom stereocenters. The molecule has 7 heteroatoms. The highest BCUT2D eigenvalue weighted by Crippen LogP contribution is 2.22. The summed E-state index contributed by atoms with van der Waals surface area (Å²) in [6.45, 7) is 5.43. The number of hydrogen-bond donors (Lipinski definition) is 2. The van der Waals surface area contributed by atoms with Crippen molar-refractivity contribution in [2.45, 2.75) is 31.2 Å². The summed E-state index contributed by atoms with van der Waals surface area (Å²) in [6, 6.07) is 1.68. The summed E-state index contributed by atoms with van der Waals surface area (Å²) in [7, 11) is -3.41. The molecule has 0 aromatic carbocycles. The van der Waals surface area contributed by atoms with Gasteiger partial charge in [-0.25, -0.2) is 13.1 Å². The molecule has 1 fully saturated rings. The van der Waals surface area contributed by atoms with Crippen LogP contribution in [-0.2, 0) is 21.3 Å². The predicted octanol–water partition coefficient (Wildman–Crippen LogP) is 1.56. The minimum atomic E-state index is -3.41. The maximum Gasteiger partial charge on any atom is 0.241 e. The van der Waals surface area contributed by atoms with Crippen molar-refractivity contribution in [3.05, 3.63) is 16.3 Å². The molecule has 2 N–H and O–H groups in total. The second kappa shape index (κ2) is 7.51. The smallest absolute Gasteiger partial charge is 0.241 e. The van der Waals surface area contributed by atoms with Gasteiger partial charge in [0.15, 0.2) is 0 Å². The van der Waals surface area contributed by atoms with E-state index in [1.807, 2.05) is 5.38 Å². The van der Waals surface area contributed by atoms with Crippen LogP contribution in [0.15, 0.2) is 16.3 Å².